The van der Waals surface area contributed by atoms with E-state index in [0.717, 1.165) is 30.6 Å². The maximum absolute atomic E-state index is 12.1. The van der Waals surface area contributed by atoms with Crippen molar-refractivity contribution in [2.45, 2.75) is 32.9 Å². The zero-order valence-electron chi connectivity index (χ0n) is 11.3. The number of carbonyl (C=O) groups is 1. The van der Waals surface area contributed by atoms with Crippen LogP contribution in [0.3, 0.4) is 0 Å². The lowest BCUT2D eigenvalue weighted by Crippen LogP contribution is -2.25. The molecule has 0 aliphatic carbocycles. The van der Waals surface area contributed by atoms with Crippen LogP contribution in [0.1, 0.15) is 35.8 Å². The van der Waals surface area contributed by atoms with Gasteiger partial charge in [-0.3, -0.25) is 4.79 Å². The Morgan fingerprint density at radius 1 is 1.16 bits per heavy atom. The molecule has 0 radical (unpaired) electrons. The van der Waals surface area contributed by atoms with Crippen molar-refractivity contribution in [1.29, 1.82) is 0 Å². The van der Waals surface area contributed by atoms with Crippen LogP contribution in [0, 0.1) is 0 Å². The molecule has 1 heterocycles. The van der Waals surface area contributed by atoms with E-state index in [4.69, 9.17) is 0 Å². The Hall–Kier alpha value is -2.03. The van der Waals surface area contributed by atoms with Gasteiger partial charge in [-0.25, -0.2) is 0 Å². The second-order valence-corrected chi connectivity index (χ2v) is 4.61. The molecular formula is C16H20N2O. The molecule has 0 bridgehead atoms. The number of rotatable bonds is 6. The zero-order valence-corrected chi connectivity index (χ0v) is 11.3. The molecular weight excluding hydrogens is 236 g/mol. The Balaban J connectivity index is 1.94. The molecule has 0 aliphatic heterocycles. The van der Waals surface area contributed by atoms with Gasteiger partial charge in [-0.15, -0.1) is 0 Å². The Morgan fingerprint density at radius 2 is 1.95 bits per heavy atom. The van der Waals surface area contributed by atoms with Crippen molar-refractivity contribution in [3.8, 4) is 0 Å². The number of amides is 1. The highest BCUT2D eigenvalue weighted by molar-refractivity contribution is 5.92. The number of hydrogen-bond donors (Lipinski definition) is 1. The monoisotopic (exact) mass is 256 g/mol. The van der Waals surface area contributed by atoms with Crippen LogP contribution in [-0.2, 0) is 13.1 Å². The van der Waals surface area contributed by atoms with Crippen molar-refractivity contribution in [2.24, 2.45) is 0 Å². The Labute approximate surface area is 114 Å². The third-order valence-electron chi connectivity index (χ3n) is 3.11. The van der Waals surface area contributed by atoms with E-state index < -0.39 is 0 Å². The first-order chi connectivity index (χ1) is 9.31. The Morgan fingerprint density at radius 3 is 2.68 bits per heavy atom. The summed E-state index contributed by atoms with van der Waals surface area (Å²) in [6, 6.07) is 13.7. The van der Waals surface area contributed by atoms with E-state index in [2.05, 4.69) is 12.2 Å². The van der Waals surface area contributed by atoms with E-state index in [1.165, 1.54) is 0 Å². The first-order valence-corrected chi connectivity index (χ1v) is 6.78. The largest absolute Gasteiger partial charge is 0.347 e. The number of unbranched alkanes of at least 4 members (excludes halogenated alkanes) is 1. The van der Waals surface area contributed by atoms with Crippen LogP contribution >= 0.6 is 0 Å². The van der Waals surface area contributed by atoms with Crippen molar-refractivity contribution >= 4 is 5.91 Å². The van der Waals surface area contributed by atoms with Crippen molar-refractivity contribution in [3.05, 3.63) is 59.9 Å². The van der Waals surface area contributed by atoms with Crippen LogP contribution in [0.5, 0.6) is 0 Å². The fourth-order valence-corrected chi connectivity index (χ4v) is 2.01. The van der Waals surface area contributed by atoms with Crippen molar-refractivity contribution in [3.63, 3.8) is 0 Å². The summed E-state index contributed by atoms with van der Waals surface area (Å²) in [5, 5.41) is 2.96. The summed E-state index contributed by atoms with van der Waals surface area (Å²) in [4.78, 5) is 12.1. The third kappa shape index (κ3) is 3.71. The SMILES string of the molecule is CCCCn1cccc1C(=O)NCc1ccccc1. The first-order valence-electron chi connectivity index (χ1n) is 6.78. The smallest absolute Gasteiger partial charge is 0.268 e. The second-order valence-electron chi connectivity index (χ2n) is 4.61. The van der Waals surface area contributed by atoms with Crippen molar-refractivity contribution in [1.82, 2.24) is 9.88 Å². The number of nitrogens with one attached hydrogen (secondary N) is 1. The molecule has 0 aliphatic rings. The predicted molar refractivity (Wildman–Crippen MR) is 77.0 cm³/mol. The standard InChI is InChI=1S/C16H20N2O/c1-2-3-11-18-12-7-10-15(18)16(19)17-13-14-8-5-4-6-9-14/h4-10,12H,2-3,11,13H2,1H3,(H,17,19). The van der Waals surface area contributed by atoms with E-state index in [1.807, 2.05) is 53.2 Å². The zero-order chi connectivity index (χ0) is 13.5. The molecule has 2 rings (SSSR count). The van der Waals surface area contributed by atoms with E-state index in [-0.39, 0.29) is 5.91 Å². The van der Waals surface area contributed by atoms with Gasteiger partial charge in [-0.1, -0.05) is 43.7 Å². The Bertz CT molecular complexity index is 517. The van der Waals surface area contributed by atoms with Gasteiger partial charge in [0.25, 0.3) is 5.91 Å². The van der Waals surface area contributed by atoms with Gasteiger partial charge in [0.05, 0.1) is 0 Å². The van der Waals surface area contributed by atoms with Crippen LogP contribution in [0.15, 0.2) is 48.7 Å². The molecule has 3 nitrogen and oxygen atoms in total. The average molecular weight is 256 g/mol. The molecule has 1 aromatic heterocycles. The fourth-order valence-electron chi connectivity index (χ4n) is 2.01. The normalized spacial score (nSPS) is 10.4. The predicted octanol–water partition coefficient (Wildman–Crippen LogP) is 3.22. The van der Waals surface area contributed by atoms with Gasteiger partial charge in [-0.05, 0) is 24.1 Å². The van der Waals surface area contributed by atoms with Crippen molar-refractivity contribution in [2.75, 3.05) is 0 Å². The quantitative estimate of drug-likeness (QED) is 0.846. The highest BCUT2D eigenvalue weighted by atomic mass is 16.1. The maximum atomic E-state index is 12.1. The average Bonchev–Trinajstić information content (AvgIpc) is 2.92. The minimum Gasteiger partial charge on any atom is -0.347 e. The lowest BCUT2D eigenvalue weighted by molar-refractivity contribution is 0.0941. The van der Waals surface area contributed by atoms with Gasteiger partial charge in [0.2, 0.25) is 0 Å². The second kappa shape index (κ2) is 6.78. The summed E-state index contributed by atoms with van der Waals surface area (Å²) in [5.74, 6) is -0.00930. The summed E-state index contributed by atoms with van der Waals surface area (Å²) < 4.78 is 2.02. The lowest BCUT2D eigenvalue weighted by atomic mass is 10.2. The van der Waals surface area contributed by atoms with Gasteiger partial charge < -0.3 is 9.88 Å². The molecule has 0 fully saturated rings. The molecule has 1 N–H and O–H groups in total. The highest BCUT2D eigenvalue weighted by Gasteiger charge is 2.09. The minimum atomic E-state index is -0.00930. The number of nitrogens with zero attached hydrogens (tertiary/aromatic N) is 1. The molecule has 0 unspecified atom stereocenters. The maximum Gasteiger partial charge on any atom is 0.268 e. The molecule has 100 valence electrons. The fraction of sp³-hybridized carbons (Fsp3) is 0.312. The molecule has 0 saturated heterocycles. The summed E-state index contributed by atoms with van der Waals surface area (Å²) >= 11 is 0. The first kappa shape index (κ1) is 13.4. The summed E-state index contributed by atoms with van der Waals surface area (Å²) in [6.07, 6.45) is 4.18. The summed E-state index contributed by atoms with van der Waals surface area (Å²) in [5.41, 5.74) is 1.85. The molecule has 1 aromatic carbocycles. The van der Waals surface area contributed by atoms with Crippen LogP contribution in [0.25, 0.3) is 0 Å². The van der Waals surface area contributed by atoms with Crippen LogP contribution < -0.4 is 5.32 Å². The van der Waals surface area contributed by atoms with Crippen LogP contribution in [0.4, 0.5) is 0 Å². The molecule has 0 atom stereocenters. The van der Waals surface area contributed by atoms with Gasteiger partial charge in [-0.2, -0.15) is 0 Å². The number of aromatic nitrogens is 1. The van der Waals surface area contributed by atoms with Crippen LogP contribution in [-0.4, -0.2) is 10.5 Å². The lowest BCUT2D eigenvalue weighted by Gasteiger charge is -2.09. The van der Waals surface area contributed by atoms with Gasteiger partial charge in [0.15, 0.2) is 0 Å². The molecule has 0 saturated carbocycles. The molecule has 1 amide bonds. The minimum absolute atomic E-state index is 0.00930. The van der Waals surface area contributed by atoms with Gasteiger partial charge in [0, 0.05) is 19.3 Å². The summed E-state index contributed by atoms with van der Waals surface area (Å²) in [7, 11) is 0. The van der Waals surface area contributed by atoms with E-state index in [9.17, 15) is 4.79 Å². The van der Waals surface area contributed by atoms with E-state index in [1.54, 1.807) is 0 Å². The third-order valence-corrected chi connectivity index (χ3v) is 3.11. The number of aryl methyl sites for hydroxylation is 1. The van der Waals surface area contributed by atoms with Gasteiger partial charge >= 0.3 is 0 Å². The topological polar surface area (TPSA) is 34.0 Å². The van der Waals surface area contributed by atoms with E-state index >= 15 is 0 Å². The Kier molecular flexibility index (Phi) is 4.78. The number of carbonyl (C=O) groups excluding carboxylic acids is 1. The highest BCUT2D eigenvalue weighted by Crippen LogP contribution is 2.06. The van der Waals surface area contributed by atoms with E-state index in [0.29, 0.717) is 6.54 Å². The molecule has 2 aromatic rings. The van der Waals surface area contributed by atoms with Crippen molar-refractivity contribution < 1.29 is 4.79 Å². The van der Waals surface area contributed by atoms with Gasteiger partial charge in [0.1, 0.15) is 5.69 Å². The van der Waals surface area contributed by atoms with Crippen LogP contribution in [0.2, 0.25) is 0 Å². The summed E-state index contributed by atoms with van der Waals surface area (Å²) in [6.45, 7) is 3.62. The molecule has 0 spiro atoms. The number of hydrogen-bond acceptors (Lipinski definition) is 1. The number of benzene rings is 1. The molecule has 3 heteroatoms. The molecule has 19 heavy (non-hydrogen) atoms.